The summed E-state index contributed by atoms with van der Waals surface area (Å²) in [4.78, 5) is 162. The zero-order valence-electron chi connectivity index (χ0n) is 53.2. The number of nitrogens with two attached hydrogens (primary N) is 1. The SMILES string of the molecule is CC[C@H]1c2cc3[nH]c4c(c3C)C(=O)C(C(=O)OC)c4c3nc(cc4[nH]c(cc(n2)[C@@H]1C)c(C(C)=O)c4C)[C@@H](C)[C@@H]3CCC(=O)CCCSSCC(NC(=O)CCOCCCC(=O)CC[C@H](NC(=O)c1ccc(NCc2cnc3nc(N)[nH]c(=O)c3n2)cc1)C(=O)O)C(=O)O. The van der Waals surface area contributed by atoms with Crippen molar-refractivity contribution < 1.29 is 62.8 Å². The van der Waals surface area contributed by atoms with E-state index in [1.807, 2.05) is 39.0 Å². The number of carbonyl (C=O) groups is 9. The first kappa shape index (κ1) is 69.2. The van der Waals surface area contributed by atoms with E-state index in [4.69, 9.17) is 25.2 Å². The van der Waals surface area contributed by atoms with Crippen LogP contribution < -0.4 is 27.2 Å². The molecule has 9 rings (SSSR count). The molecular weight excluding hydrogens is 1250 g/mol. The van der Waals surface area contributed by atoms with Crippen molar-refractivity contribution in [2.75, 3.05) is 42.9 Å². The van der Waals surface area contributed by atoms with E-state index in [1.54, 1.807) is 12.1 Å². The lowest BCUT2D eigenvalue weighted by atomic mass is 9.83. The summed E-state index contributed by atoms with van der Waals surface area (Å²) in [5, 5.41) is 27.8. The molecule has 2 unspecified atom stereocenters. The maximum atomic E-state index is 14.5. The third-order valence-corrected chi connectivity index (χ3v) is 19.9. The number of Topliss-reactive ketones (excluding diaryl/α,β-unsaturated/α-hetero) is 4. The Bertz CT molecular complexity index is 4210. The maximum absolute atomic E-state index is 14.5. The summed E-state index contributed by atoms with van der Waals surface area (Å²) in [6, 6.07) is 9.49. The summed E-state index contributed by atoms with van der Waals surface area (Å²) in [5.41, 5.74) is 14.5. The Morgan fingerprint density at radius 2 is 1.43 bits per heavy atom. The Balaban J connectivity index is 0.705. The smallest absolute Gasteiger partial charge is 0.327 e. The minimum atomic E-state index is -1.34. The average Bonchev–Trinajstić information content (AvgIpc) is 1.57. The Morgan fingerprint density at radius 3 is 2.14 bits per heavy atom. The van der Waals surface area contributed by atoms with Crippen molar-refractivity contribution in [2.45, 2.75) is 154 Å². The van der Waals surface area contributed by atoms with Crippen LogP contribution >= 0.6 is 21.6 Å². The molecule has 5 aromatic heterocycles. The van der Waals surface area contributed by atoms with Gasteiger partial charge in [0.2, 0.25) is 11.9 Å². The summed E-state index contributed by atoms with van der Waals surface area (Å²) in [6.45, 7) is 11.7. The number of aliphatic carboxylic acids is 2. The van der Waals surface area contributed by atoms with Crippen LogP contribution in [-0.2, 0) is 44.8 Å². The standard InChI is InChI=1S/C66H76N12O14S2/c1-8-41-31(2)44-27-49-52(35(6)79)33(4)46(72-49)25-45-32(3)42(56(74-45)54-55(65(90)91-7)59(83)53-34(5)47(75-57(53)54)26-48(41)71-44)19-17-40(81)12-10-24-93-94-30-50(64(88)89)73-51(82)21-23-92-22-9-11-39(80)18-20-43(63(86)87)76-61(84)36-13-15-37(16-14-36)68-28-38-29-69-60-58(70-38)62(85)78-66(67)77-60/h13-16,25-27,29,31-32,41-43,50,55,68,72,75H,8-12,17-24,28,30H2,1-7H3,(H,73,82)(H,76,84)(H,86,87)(H,88,89)(H3,67,69,77,78,85)/t31-,32+,41-,42+,43+,50?,55?/m1/s1. The van der Waals surface area contributed by atoms with E-state index < -0.39 is 65.0 Å². The maximum Gasteiger partial charge on any atom is 0.327 e. The molecule has 6 aromatic rings. The van der Waals surface area contributed by atoms with Crippen molar-refractivity contribution in [1.29, 1.82) is 0 Å². The lowest BCUT2D eigenvalue weighted by molar-refractivity contribution is -0.141. The molecule has 1 aromatic carbocycles. The van der Waals surface area contributed by atoms with Crippen LogP contribution in [0.2, 0.25) is 0 Å². The summed E-state index contributed by atoms with van der Waals surface area (Å²) in [5.74, 6) is -6.62. The predicted octanol–water partition coefficient (Wildman–Crippen LogP) is 8.49. The second kappa shape index (κ2) is 30.7. The monoisotopic (exact) mass is 1320 g/mol. The molecule has 7 heterocycles. The molecule has 8 bridgehead atoms. The topological polar surface area (TPSA) is 404 Å². The molecule has 496 valence electrons. The highest BCUT2D eigenvalue weighted by molar-refractivity contribution is 8.76. The van der Waals surface area contributed by atoms with Crippen LogP contribution in [0, 0.1) is 13.8 Å². The van der Waals surface area contributed by atoms with Gasteiger partial charge in [-0.05, 0) is 106 Å². The number of aryl methyl sites for hydroxylation is 2. The van der Waals surface area contributed by atoms with E-state index in [2.05, 4.69) is 59.7 Å². The summed E-state index contributed by atoms with van der Waals surface area (Å²) < 4.78 is 10.8. The van der Waals surface area contributed by atoms with E-state index in [1.165, 1.54) is 54.0 Å². The van der Waals surface area contributed by atoms with E-state index in [9.17, 15) is 58.2 Å². The van der Waals surface area contributed by atoms with Crippen molar-refractivity contribution in [3.05, 3.63) is 121 Å². The molecule has 28 heteroatoms. The Labute approximate surface area is 547 Å². The number of fused-ring (bicyclic) bond motifs is 9. The van der Waals surface area contributed by atoms with E-state index in [0.717, 1.165) is 23.4 Å². The number of aromatic amines is 3. The highest BCUT2D eigenvalue weighted by Gasteiger charge is 2.45. The van der Waals surface area contributed by atoms with Crippen molar-refractivity contribution in [3.63, 3.8) is 0 Å². The fourth-order valence-corrected chi connectivity index (χ4v) is 14.5. The Hall–Kier alpha value is -9.15. The Morgan fingerprint density at radius 1 is 0.745 bits per heavy atom. The van der Waals surface area contributed by atoms with Gasteiger partial charge >= 0.3 is 17.9 Å². The number of carboxylic acids is 2. The average molecular weight is 1330 g/mol. The third kappa shape index (κ3) is 15.9. The van der Waals surface area contributed by atoms with Crippen molar-refractivity contribution in [1.82, 2.24) is 50.5 Å². The number of ether oxygens (including phenoxy) is 2. The normalized spacial score (nSPS) is 17.1. The van der Waals surface area contributed by atoms with Gasteiger partial charge in [-0.2, -0.15) is 4.98 Å². The number of hydrogen-bond acceptors (Lipinski definition) is 21. The number of benzene rings is 1. The number of H-pyrrole nitrogens is 3. The highest BCUT2D eigenvalue weighted by Crippen LogP contribution is 2.48. The lowest BCUT2D eigenvalue weighted by Gasteiger charge is -2.19. The number of esters is 1. The fourth-order valence-electron chi connectivity index (χ4n) is 12.3. The number of nitrogen functional groups attached to an aromatic ring is 1. The number of carbonyl (C=O) groups excluding carboxylic acids is 7. The number of nitrogens with one attached hydrogen (secondary N) is 6. The molecule has 0 saturated carbocycles. The number of rotatable bonds is 31. The van der Waals surface area contributed by atoms with Crippen LogP contribution in [-0.4, -0.2) is 147 Å². The van der Waals surface area contributed by atoms with E-state index >= 15 is 0 Å². The molecule has 0 fully saturated rings. The number of amides is 2. The number of nitrogens with zero attached hydrogens (tertiary/aromatic N) is 5. The molecule has 2 amide bonds. The van der Waals surface area contributed by atoms with Crippen molar-refractivity contribution >= 4 is 119 Å². The summed E-state index contributed by atoms with van der Waals surface area (Å²) in [7, 11) is 3.88. The number of hydrogen-bond donors (Lipinski definition) is 9. The number of aromatic nitrogens is 8. The van der Waals surface area contributed by atoms with Gasteiger partial charge < -0.3 is 51.3 Å². The van der Waals surface area contributed by atoms with Crippen LogP contribution in [0.15, 0.2) is 53.5 Å². The van der Waals surface area contributed by atoms with E-state index in [0.29, 0.717) is 85.7 Å². The molecule has 26 nitrogen and oxygen atoms in total. The quantitative estimate of drug-likeness (QED) is 0.00647. The molecule has 3 aliphatic rings. The lowest BCUT2D eigenvalue weighted by Crippen LogP contribution is -2.42. The molecule has 1 aliphatic carbocycles. The van der Waals surface area contributed by atoms with Crippen molar-refractivity contribution in [3.8, 4) is 0 Å². The number of methoxy groups -OCH3 is 1. The molecule has 7 atom stereocenters. The first-order valence-electron chi connectivity index (χ1n) is 31.1. The van der Waals surface area contributed by atoms with E-state index in [-0.39, 0.29) is 128 Å². The minimum Gasteiger partial charge on any atom is -0.480 e. The molecule has 0 saturated heterocycles. The fraction of sp³-hybridized carbons (Fsp3) is 0.439. The first-order chi connectivity index (χ1) is 45.0. The van der Waals surface area contributed by atoms with Gasteiger partial charge in [0, 0.05) is 130 Å². The molecule has 2 aliphatic heterocycles. The molecule has 94 heavy (non-hydrogen) atoms. The van der Waals surface area contributed by atoms with Gasteiger partial charge in [0.1, 0.15) is 29.6 Å². The van der Waals surface area contributed by atoms with Gasteiger partial charge in [-0.3, -0.25) is 53.3 Å². The van der Waals surface area contributed by atoms with Gasteiger partial charge in [0.15, 0.2) is 22.7 Å². The van der Waals surface area contributed by atoms with Gasteiger partial charge in [-0.1, -0.05) is 42.4 Å². The van der Waals surface area contributed by atoms with Crippen LogP contribution in [0.4, 0.5) is 11.6 Å². The van der Waals surface area contributed by atoms with Crippen LogP contribution in [0.3, 0.4) is 0 Å². The zero-order chi connectivity index (χ0) is 67.7. The molecule has 0 radical (unpaired) electrons. The molecule has 0 spiro atoms. The summed E-state index contributed by atoms with van der Waals surface area (Å²) in [6.07, 6.45) is 3.42. The highest BCUT2D eigenvalue weighted by atomic mass is 33.1. The van der Waals surface area contributed by atoms with Gasteiger partial charge in [-0.15, -0.1) is 0 Å². The number of ketones is 4. The largest absolute Gasteiger partial charge is 0.480 e. The van der Waals surface area contributed by atoms with Gasteiger partial charge in [-0.25, -0.2) is 19.6 Å². The van der Waals surface area contributed by atoms with Crippen LogP contribution in [0.1, 0.15) is 198 Å². The third-order valence-electron chi connectivity index (χ3n) is 17.4. The van der Waals surface area contributed by atoms with Crippen LogP contribution in [0.25, 0.3) is 33.2 Å². The number of carboxylic acid groups (broad SMARTS) is 2. The minimum absolute atomic E-state index is 0.0100. The van der Waals surface area contributed by atoms with Gasteiger partial charge in [0.05, 0.1) is 48.9 Å². The first-order valence-corrected chi connectivity index (χ1v) is 33.6. The zero-order valence-corrected chi connectivity index (χ0v) is 54.8. The second-order valence-electron chi connectivity index (χ2n) is 23.7. The molecular formula is C66H76N12O14S2. The van der Waals surface area contributed by atoms with Crippen LogP contribution in [0.5, 0.6) is 0 Å². The summed E-state index contributed by atoms with van der Waals surface area (Å²) >= 11 is 0. The number of anilines is 2. The second-order valence-corrected chi connectivity index (χ2v) is 26.4. The Kier molecular flexibility index (Phi) is 22.6. The molecule has 10 N–H and O–H groups in total. The predicted molar refractivity (Wildman–Crippen MR) is 354 cm³/mol. The van der Waals surface area contributed by atoms with Gasteiger partial charge in [0.25, 0.3) is 11.5 Å². The van der Waals surface area contributed by atoms with Crippen molar-refractivity contribution in [2.24, 2.45) is 0 Å².